The Morgan fingerprint density at radius 3 is 1.39 bits per heavy atom. The lowest BCUT2D eigenvalue weighted by Gasteiger charge is -2.11. The van der Waals surface area contributed by atoms with Crippen molar-refractivity contribution in [3.63, 3.8) is 0 Å². The number of aromatic nitrogens is 5. The highest BCUT2D eigenvalue weighted by Crippen LogP contribution is 2.44. The highest BCUT2D eigenvalue weighted by Gasteiger charge is 2.20. The van der Waals surface area contributed by atoms with Gasteiger partial charge in [0.05, 0.1) is 22.1 Å². The second-order valence-corrected chi connectivity index (χ2v) is 15.5. The molecule has 266 valence electrons. The summed E-state index contributed by atoms with van der Waals surface area (Å²) >= 11 is 1.87. The molecule has 0 spiro atoms. The van der Waals surface area contributed by atoms with E-state index in [9.17, 15) is 0 Å². The zero-order chi connectivity index (χ0) is 37.5. The lowest BCUT2D eigenvalue weighted by Crippen LogP contribution is -2.00. The molecule has 12 aromatic rings. The highest BCUT2D eigenvalue weighted by atomic mass is 32.1. The fourth-order valence-corrected chi connectivity index (χ4v) is 9.78. The minimum Gasteiger partial charge on any atom is -0.309 e. The van der Waals surface area contributed by atoms with Gasteiger partial charge in [0.2, 0.25) is 0 Å². The Bertz CT molecular complexity index is 3400. The molecule has 0 N–H and O–H groups in total. The molecule has 4 heterocycles. The lowest BCUT2D eigenvalue weighted by molar-refractivity contribution is 1.07. The van der Waals surface area contributed by atoms with Gasteiger partial charge in [0.1, 0.15) is 0 Å². The van der Waals surface area contributed by atoms with Gasteiger partial charge < -0.3 is 9.13 Å². The molecule has 8 aromatic carbocycles. The van der Waals surface area contributed by atoms with E-state index in [1.165, 1.54) is 69.5 Å². The molecule has 4 aromatic heterocycles. The van der Waals surface area contributed by atoms with E-state index in [1.807, 2.05) is 72.0 Å². The van der Waals surface area contributed by atoms with Gasteiger partial charge in [-0.3, -0.25) is 0 Å². The van der Waals surface area contributed by atoms with Crippen molar-refractivity contribution in [3.05, 3.63) is 188 Å². The fourth-order valence-electron chi connectivity index (χ4n) is 8.63. The maximum Gasteiger partial charge on any atom is 0.164 e. The van der Waals surface area contributed by atoms with Crippen LogP contribution in [0.25, 0.3) is 109 Å². The first-order valence-electron chi connectivity index (χ1n) is 19.1. The zero-order valence-corrected chi connectivity index (χ0v) is 31.4. The van der Waals surface area contributed by atoms with Gasteiger partial charge in [0, 0.05) is 69.8 Å². The third-order valence-electron chi connectivity index (χ3n) is 11.2. The molecular formula is C51H31N5S. The number of para-hydroxylation sites is 3. The fraction of sp³-hybridized carbons (Fsp3) is 0. The van der Waals surface area contributed by atoms with Gasteiger partial charge in [-0.2, -0.15) is 0 Å². The monoisotopic (exact) mass is 745 g/mol. The summed E-state index contributed by atoms with van der Waals surface area (Å²) in [6.45, 7) is 0. The summed E-state index contributed by atoms with van der Waals surface area (Å²) < 4.78 is 7.36. The van der Waals surface area contributed by atoms with E-state index >= 15 is 0 Å². The van der Waals surface area contributed by atoms with Crippen LogP contribution < -0.4 is 0 Å². The minimum absolute atomic E-state index is 0.642. The van der Waals surface area contributed by atoms with Crippen molar-refractivity contribution in [1.82, 2.24) is 24.1 Å². The quantitative estimate of drug-likeness (QED) is 0.176. The van der Waals surface area contributed by atoms with Crippen molar-refractivity contribution in [1.29, 1.82) is 0 Å². The first-order valence-corrected chi connectivity index (χ1v) is 19.9. The maximum absolute atomic E-state index is 4.97. The van der Waals surface area contributed by atoms with E-state index in [2.05, 4.69) is 137 Å². The van der Waals surface area contributed by atoms with Crippen LogP contribution in [0.5, 0.6) is 0 Å². The van der Waals surface area contributed by atoms with Crippen molar-refractivity contribution >= 4 is 75.1 Å². The van der Waals surface area contributed by atoms with Crippen LogP contribution in [0.3, 0.4) is 0 Å². The van der Waals surface area contributed by atoms with Gasteiger partial charge >= 0.3 is 0 Å². The maximum atomic E-state index is 4.97. The van der Waals surface area contributed by atoms with E-state index < -0.39 is 0 Å². The molecule has 0 aliphatic carbocycles. The van der Waals surface area contributed by atoms with Crippen LogP contribution in [0.4, 0.5) is 0 Å². The normalized spacial score (nSPS) is 11.9. The molecule has 0 saturated carbocycles. The average molecular weight is 746 g/mol. The van der Waals surface area contributed by atoms with Crippen molar-refractivity contribution in [2.24, 2.45) is 0 Å². The second kappa shape index (κ2) is 12.6. The number of nitrogens with zero attached hydrogens (tertiary/aromatic N) is 5. The number of hydrogen-bond acceptors (Lipinski definition) is 4. The first kappa shape index (κ1) is 31.9. The van der Waals surface area contributed by atoms with E-state index in [1.54, 1.807) is 0 Å². The number of benzene rings is 8. The third-order valence-corrected chi connectivity index (χ3v) is 12.3. The predicted octanol–water partition coefficient (Wildman–Crippen LogP) is 13.4. The second-order valence-electron chi connectivity index (χ2n) is 14.4. The van der Waals surface area contributed by atoms with Crippen LogP contribution in [0.15, 0.2) is 188 Å². The number of thiophene rings is 1. The van der Waals surface area contributed by atoms with Crippen LogP contribution in [0.2, 0.25) is 0 Å². The molecule has 6 heteroatoms. The van der Waals surface area contributed by atoms with Gasteiger partial charge in [-0.15, -0.1) is 11.3 Å². The molecule has 0 unspecified atom stereocenters. The Morgan fingerprint density at radius 2 is 0.789 bits per heavy atom. The van der Waals surface area contributed by atoms with Crippen LogP contribution in [0.1, 0.15) is 0 Å². The summed E-state index contributed by atoms with van der Waals surface area (Å²) in [4.78, 5) is 14.8. The topological polar surface area (TPSA) is 48.5 Å². The van der Waals surface area contributed by atoms with Crippen molar-refractivity contribution in [2.75, 3.05) is 0 Å². The largest absolute Gasteiger partial charge is 0.309 e. The van der Waals surface area contributed by atoms with Gasteiger partial charge in [-0.1, -0.05) is 121 Å². The third kappa shape index (κ3) is 4.98. The van der Waals surface area contributed by atoms with Gasteiger partial charge in [0.25, 0.3) is 0 Å². The van der Waals surface area contributed by atoms with E-state index in [-0.39, 0.29) is 0 Å². The SMILES string of the molecule is c1ccc(-c2nc(-c3ccccc3)nc(-c3ccc(-n4c5ccccc5c5c6c(ccc54)sc4cc(-n5c7ccccc7c7ccccc75)ccc46)cc3)n2)cc1. The molecule has 0 aliphatic heterocycles. The van der Waals surface area contributed by atoms with Gasteiger partial charge in [-0.25, -0.2) is 15.0 Å². The molecule has 0 aliphatic rings. The summed E-state index contributed by atoms with van der Waals surface area (Å²) in [6.07, 6.45) is 0. The number of fused-ring (bicyclic) bond motifs is 10. The number of rotatable bonds is 5. The van der Waals surface area contributed by atoms with E-state index in [4.69, 9.17) is 15.0 Å². The molecule has 0 amide bonds. The zero-order valence-electron chi connectivity index (χ0n) is 30.5. The van der Waals surface area contributed by atoms with Crippen LogP contribution in [-0.2, 0) is 0 Å². The first-order chi connectivity index (χ1) is 28.3. The molecule has 0 atom stereocenters. The average Bonchev–Trinajstić information content (AvgIpc) is 3.94. The molecule has 0 saturated heterocycles. The summed E-state index contributed by atoms with van der Waals surface area (Å²) in [5.74, 6) is 1.95. The standard InChI is InChI=1S/C51H31N5S/c1-3-13-32(14-4-1)49-52-50(33-15-5-2-6-16-33)54-51(53-49)34-23-25-35(26-24-34)55-43-22-12-9-19-39(43)47-44(55)29-30-45-48(47)40-28-27-36(31-46(40)57-45)56-41-20-10-7-17-37(41)38-18-8-11-21-42(38)56/h1-31H. The molecule has 0 bridgehead atoms. The predicted molar refractivity (Wildman–Crippen MR) is 238 cm³/mol. The van der Waals surface area contributed by atoms with Crippen LogP contribution in [-0.4, -0.2) is 24.1 Å². The Labute approximate surface area is 331 Å². The number of hydrogen-bond donors (Lipinski definition) is 0. The smallest absolute Gasteiger partial charge is 0.164 e. The summed E-state index contributed by atoms with van der Waals surface area (Å²) in [6, 6.07) is 66.6. The van der Waals surface area contributed by atoms with Crippen LogP contribution in [0, 0.1) is 0 Å². The Hall–Kier alpha value is -7.41. The molecule has 12 rings (SSSR count). The van der Waals surface area contributed by atoms with Gasteiger partial charge in [0.15, 0.2) is 17.5 Å². The molecule has 0 radical (unpaired) electrons. The van der Waals surface area contributed by atoms with Crippen molar-refractivity contribution in [2.45, 2.75) is 0 Å². The molecule has 5 nitrogen and oxygen atoms in total. The Kier molecular flexibility index (Phi) is 7.03. The molecule has 57 heavy (non-hydrogen) atoms. The highest BCUT2D eigenvalue weighted by molar-refractivity contribution is 7.26. The Morgan fingerprint density at radius 1 is 0.316 bits per heavy atom. The van der Waals surface area contributed by atoms with Crippen molar-refractivity contribution in [3.8, 4) is 45.5 Å². The van der Waals surface area contributed by atoms with Crippen molar-refractivity contribution < 1.29 is 0 Å². The Balaban J connectivity index is 1.01. The summed E-state index contributed by atoms with van der Waals surface area (Å²) in [7, 11) is 0. The molecular weight excluding hydrogens is 715 g/mol. The van der Waals surface area contributed by atoms with E-state index in [0.29, 0.717) is 17.5 Å². The lowest BCUT2D eigenvalue weighted by atomic mass is 10.1. The minimum atomic E-state index is 0.642. The van der Waals surface area contributed by atoms with Crippen LogP contribution >= 0.6 is 11.3 Å². The summed E-state index contributed by atoms with van der Waals surface area (Å²) in [5, 5.41) is 7.65. The molecule has 0 fully saturated rings. The van der Waals surface area contributed by atoms with Gasteiger partial charge in [-0.05, 0) is 66.7 Å². The summed E-state index contributed by atoms with van der Waals surface area (Å²) in [5.41, 5.74) is 9.90. The van der Waals surface area contributed by atoms with E-state index in [0.717, 1.165) is 22.4 Å².